The third kappa shape index (κ3) is 2.43. The van der Waals surface area contributed by atoms with Gasteiger partial charge in [0.05, 0.1) is 17.3 Å². The molecule has 7 heteroatoms. The van der Waals surface area contributed by atoms with Crippen LogP contribution in [0.2, 0.25) is 0 Å². The van der Waals surface area contributed by atoms with Crippen molar-refractivity contribution in [3.8, 4) is 17.2 Å². The molecular formula is C17H14N2O4S. The number of benzene rings is 2. The molecule has 2 aromatic carbocycles. The zero-order valence-electron chi connectivity index (χ0n) is 13.1. The van der Waals surface area contributed by atoms with E-state index in [4.69, 9.17) is 14.2 Å². The fraction of sp³-hybridized carbons (Fsp3) is 0.176. The number of thiazole rings is 1. The van der Waals surface area contributed by atoms with Crippen molar-refractivity contribution in [2.45, 2.75) is 0 Å². The molecule has 122 valence electrons. The Labute approximate surface area is 141 Å². The second-order valence-electron chi connectivity index (χ2n) is 5.26. The first-order valence-corrected chi connectivity index (χ1v) is 8.09. The number of carbonyl (C=O) groups is 1. The average Bonchev–Trinajstić information content (AvgIpc) is 3.18. The number of amides is 1. The van der Waals surface area contributed by atoms with Crippen LogP contribution in [0.5, 0.6) is 17.2 Å². The van der Waals surface area contributed by atoms with E-state index in [1.165, 1.54) is 11.3 Å². The number of aryl methyl sites for hydroxylation is 1. The van der Waals surface area contributed by atoms with Crippen LogP contribution >= 0.6 is 11.3 Å². The van der Waals surface area contributed by atoms with E-state index in [1.54, 1.807) is 25.3 Å². The largest absolute Gasteiger partial charge is 0.497 e. The fourth-order valence-electron chi connectivity index (χ4n) is 2.53. The number of hydrogen-bond donors (Lipinski definition) is 0. The molecule has 0 aliphatic carbocycles. The second-order valence-corrected chi connectivity index (χ2v) is 6.27. The molecule has 1 amide bonds. The molecule has 1 aliphatic heterocycles. The molecule has 0 spiro atoms. The highest BCUT2D eigenvalue weighted by molar-refractivity contribution is 7.16. The monoisotopic (exact) mass is 342 g/mol. The minimum Gasteiger partial charge on any atom is -0.497 e. The topological polar surface area (TPSA) is 62.1 Å². The van der Waals surface area contributed by atoms with Crippen LogP contribution in [-0.4, -0.2) is 24.4 Å². The number of rotatable bonds is 2. The lowest BCUT2D eigenvalue weighted by molar-refractivity contribution is 0.0997. The standard InChI is InChI=1S/C17H14N2O4S/c1-19-12-5-4-11(21-2)8-15(12)24-17(19)18-16(20)10-3-6-13-14(7-10)23-9-22-13/h3-8H,9H2,1-2H3. The lowest BCUT2D eigenvalue weighted by Crippen LogP contribution is -2.13. The van der Waals surface area contributed by atoms with Gasteiger partial charge in [0, 0.05) is 12.6 Å². The van der Waals surface area contributed by atoms with E-state index in [2.05, 4.69) is 4.99 Å². The van der Waals surface area contributed by atoms with Gasteiger partial charge in [-0.2, -0.15) is 4.99 Å². The molecule has 0 bridgehead atoms. The number of nitrogens with zero attached hydrogens (tertiary/aromatic N) is 2. The van der Waals surface area contributed by atoms with E-state index < -0.39 is 0 Å². The van der Waals surface area contributed by atoms with Crippen LogP contribution in [0.15, 0.2) is 41.4 Å². The lowest BCUT2D eigenvalue weighted by atomic mass is 10.2. The van der Waals surface area contributed by atoms with Crippen molar-refractivity contribution < 1.29 is 19.0 Å². The van der Waals surface area contributed by atoms with E-state index in [9.17, 15) is 4.79 Å². The quantitative estimate of drug-likeness (QED) is 0.718. The van der Waals surface area contributed by atoms with Gasteiger partial charge in [-0.15, -0.1) is 0 Å². The van der Waals surface area contributed by atoms with Crippen LogP contribution in [0.25, 0.3) is 10.2 Å². The molecule has 1 aliphatic rings. The number of methoxy groups -OCH3 is 1. The Balaban J connectivity index is 1.76. The van der Waals surface area contributed by atoms with E-state index in [0.717, 1.165) is 16.0 Å². The van der Waals surface area contributed by atoms with E-state index in [-0.39, 0.29) is 12.7 Å². The number of fused-ring (bicyclic) bond motifs is 2. The van der Waals surface area contributed by atoms with Gasteiger partial charge >= 0.3 is 0 Å². The first-order valence-electron chi connectivity index (χ1n) is 7.28. The summed E-state index contributed by atoms with van der Waals surface area (Å²) in [6.07, 6.45) is 0. The molecule has 6 nitrogen and oxygen atoms in total. The molecule has 0 atom stereocenters. The van der Waals surface area contributed by atoms with Crippen LogP contribution < -0.4 is 19.0 Å². The minimum atomic E-state index is -0.317. The average molecular weight is 342 g/mol. The Hall–Kier alpha value is -2.80. The molecule has 4 rings (SSSR count). The Morgan fingerprint density at radius 1 is 1.21 bits per heavy atom. The minimum absolute atomic E-state index is 0.178. The number of hydrogen-bond acceptors (Lipinski definition) is 5. The summed E-state index contributed by atoms with van der Waals surface area (Å²) in [6, 6.07) is 10.8. The van der Waals surface area contributed by atoms with Gasteiger partial charge in [0.15, 0.2) is 16.3 Å². The zero-order chi connectivity index (χ0) is 16.7. The summed E-state index contributed by atoms with van der Waals surface area (Å²) < 4.78 is 18.7. The smallest absolute Gasteiger partial charge is 0.279 e. The first kappa shape index (κ1) is 14.8. The molecule has 1 aromatic heterocycles. The highest BCUT2D eigenvalue weighted by Crippen LogP contribution is 2.32. The van der Waals surface area contributed by atoms with Crippen molar-refractivity contribution in [2.75, 3.05) is 13.9 Å². The molecule has 0 radical (unpaired) electrons. The molecular weight excluding hydrogens is 328 g/mol. The second kappa shape index (κ2) is 5.68. The number of ether oxygens (including phenoxy) is 3. The van der Waals surface area contributed by atoms with E-state index in [1.807, 2.05) is 29.8 Å². The van der Waals surface area contributed by atoms with Crippen molar-refractivity contribution in [3.63, 3.8) is 0 Å². The SMILES string of the molecule is COc1ccc2c(c1)sc(=NC(=O)c1ccc3c(c1)OCO3)n2C. The van der Waals surface area contributed by atoms with Crippen molar-refractivity contribution in [3.05, 3.63) is 46.8 Å². The highest BCUT2D eigenvalue weighted by Gasteiger charge is 2.16. The summed E-state index contributed by atoms with van der Waals surface area (Å²) in [5, 5.41) is 0. The van der Waals surface area contributed by atoms with Gasteiger partial charge in [0.1, 0.15) is 5.75 Å². The van der Waals surface area contributed by atoms with Gasteiger partial charge in [-0.3, -0.25) is 4.79 Å². The summed E-state index contributed by atoms with van der Waals surface area (Å²) in [5.41, 5.74) is 1.47. The highest BCUT2D eigenvalue weighted by atomic mass is 32.1. The van der Waals surface area contributed by atoms with Crippen molar-refractivity contribution in [1.82, 2.24) is 4.57 Å². The first-order chi connectivity index (χ1) is 11.7. The van der Waals surface area contributed by atoms with E-state index in [0.29, 0.717) is 21.9 Å². The van der Waals surface area contributed by atoms with Gasteiger partial charge in [-0.1, -0.05) is 11.3 Å². The van der Waals surface area contributed by atoms with Crippen LogP contribution in [-0.2, 0) is 7.05 Å². The Morgan fingerprint density at radius 3 is 2.88 bits per heavy atom. The summed E-state index contributed by atoms with van der Waals surface area (Å²) in [7, 11) is 3.51. The molecule has 0 saturated carbocycles. The van der Waals surface area contributed by atoms with Crippen LogP contribution in [0.4, 0.5) is 0 Å². The Bertz CT molecular complexity index is 1020. The summed E-state index contributed by atoms with van der Waals surface area (Å²) in [6.45, 7) is 0.178. The predicted molar refractivity (Wildman–Crippen MR) is 89.8 cm³/mol. The van der Waals surface area contributed by atoms with Crippen LogP contribution in [0, 0.1) is 0 Å². The van der Waals surface area contributed by atoms with Crippen LogP contribution in [0.1, 0.15) is 10.4 Å². The van der Waals surface area contributed by atoms with Crippen molar-refractivity contribution in [1.29, 1.82) is 0 Å². The van der Waals surface area contributed by atoms with Gasteiger partial charge in [-0.25, -0.2) is 0 Å². The Morgan fingerprint density at radius 2 is 2.04 bits per heavy atom. The normalized spacial score (nSPS) is 13.5. The maximum absolute atomic E-state index is 12.5. The molecule has 0 saturated heterocycles. The van der Waals surface area contributed by atoms with Gasteiger partial charge in [-0.05, 0) is 36.4 Å². The van der Waals surface area contributed by atoms with Crippen molar-refractivity contribution >= 4 is 27.5 Å². The fourth-order valence-corrected chi connectivity index (χ4v) is 3.57. The molecule has 0 N–H and O–H groups in total. The third-order valence-electron chi connectivity index (χ3n) is 3.83. The summed E-state index contributed by atoms with van der Waals surface area (Å²) >= 11 is 1.44. The number of carbonyl (C=O) groups excluding carboxylic acids is 1. The maximum Gasteiger partial charge on any atom is 0.279 e. The Kier molecular flexibility index (Phi) is 3.50. The lowest BCUT2D eigenvalue weighted by Gasteiger charge is -1.99. The maximum atomic E-state index is 12.5. The number of aromatic nitrogens is 1. The molecule has 3 aromatic rings. The van der Waals surface area contributed by atoms with Gasteiger partial charge in [0.25, 0.3) is 5.91 Å². The zero-order valence-corrected chi connectivity index (χ0v) is 13.9. The molecule has 0 fully saturated rings. The molecule has 24 heavy (non-hydrogen) atoms. The predicted octanol–water partition coefficient (Wildman–Crippen LogP) is 2.72. The van der Waals surface area contributed by atoms with Gasteiger partial charge < -0.3 is 18.8 Å². The molecule has 2 heterocycles. The van der Waals surface area contributed by atoms with E-state index >= 15 is 0 Å². The van der Waals surface area contributed by atoms with Crippen molar-refractivity contribution in [2.24, 2.45) is 12.0 Å². The summed E-state index contributed by atoms with van der Waals surface area (Å²) in [5.74, 6) is 1.67. The van der Waals surface area contributed by atoms with Gasteiger partial charge in [0.2, 0.25) is 6.79 Å². The summed E-state index contributed by atoms with van der Waals surface area (Å²) in [4.78, 5) is 17.3. The van der Waals surface area contributed by atoms with Crippen LogP contribution in [0.3, 0.4) is 0 Å². The molecule has 0 unspecified atom stereocenters. The third-order valence-corrected chi connectivity index (χ3v) is 4.93.